The van der Waals surface area contributed by atoms with E-state index >= 15 is 0 Å². The van der Waals surface area contributed by atoms with E-state index in [2.05, 4.69) is 25.3 Å². The van der Waals surface area contributed by atoms with Gasteiger partial charge in [0.2, 0.25) is 5.88 Å². The van der Waals surface area contributed by atoms with Crippen LogP contribution in [0.25, 0.3) is 5.69 Å². The summed E-state index contributed by atoms with van der Waals surface area (Å²) in [6.45, 7) is 11.1. The Kier molecular flexibility index (Phi) is 8.77. The minimum Gasteiger partial charge on any atom is -0.435 e. The van der Waals surface area contributed by atoms with Crippen LogP contribution in [0.2, 0.25) is 0 Å². The number of ether oxygens (including phenoxy) is 2. The molecule has 1 heterocycles. The second-order valence-corrected chi connectivity index (χ2v) is 8.15. The van der Waals surface area contributed by atoms with Crippen molar-refractivity contribution < 1.29 is 19.0 Å². The number of para-hydroxylation sites is 2. The van der Waals surface area contributed by atoms with E-state index in [-0.39, 0.29) is 18.4 Å². The van der Waals surface area contributed by atoms with Gasteiger partial charge in [0.05, 0.1) is 36.3 Å². The summed E-state index contributed by atoms with van der Waals surface area (Å²) in [5.74, 6) is 0.133. The second-order valence-electron chi connectivity index (χ2n) is 8.15. The van der Waals surface area contributed by atoms with Crippen molar-refractivity contribution in [3.8, 4) is 17.3 Å². The van der Waals surface area contributed by atoms with Crippen LogP contribution in [0.4, 0.5) is 4.39 Å². The van der Waals surface area contributed by atoms with Crippen molar-refractivity contribution in [2.24, 2.45) is 0 Å². The summed E-state index contributed by atoms with van der Waals surface area (Å²) >= 11 is 0. The fourth-order valence-corrected chi connectivity index (χ4v) is 3.47. The molecule has 1 N–H and O–H groups in total. The highest BCUT2D eigenvalue weighted by Crippen LogP contribution is 2.33. The van der Waals surface area contributed by atoms with Crippen molar-refractivity contribution in [1.29, 1.82) is 0 Å². The van der Waals surface area contributed by atoms with E-state index in [1.807, 2.05) is 37.3 Å². The minimum absolute atomic E-state index is 0.129. The average molecular weight is 454 g/mol. The Morgan fingerprint density at radius 1 is 1.15 bits per heavy atom. The van der Waals surface area contributed by atoms with Crippen LogP contribution in [0, 0.1) is 12.7 Å². The Morgan fingerprint density at radius 3 is 2.52 bits per heavy atom. The smallest absolute Gasteiger partial charge is 0.227 e. The lowest BCUT2D eigenvalue weighted by Gasteiger charge is -2.29. The maximum atomic E-state index is 14.4. The Labute approximate surface area is 194 Å². The van der Waals surface area contributed by atoms with E-state index in [4.69, 9.17) is 14.6 Å². The van der Waals surface area contributed by atoms with E-state index in [0.717, 1.165) is 16.9 Å². The molecule has 0 aliphatic heterocycles. The highest BCUT2D eigenvalue weighted by atomic mass is 19.1. The van der Waals surface area contributed by atoms with Gasteiger partial charge >= 0.3 is 0 Å². The first-order valence-electron chi connectivity index (χ1n) is 11.1. The zero-order valence-electron chi connectivity index (χ0n) is 19.4. The maximum Gasteiger partial charge on any atom is 0.227 e. The molecular weight excluding hydrogens is 421 g/mol. The molecule has 7 heteroatoms. The number of nitrogens with zero attached hydrogens (tertiary/aromatic N) is 3. The van der Waals surface area contributed by atoms with Gasteiger partial charge in [0, 0.05) is 19.1 Å². The van der Waals surface area contributed by atoms with E-state index < -0.39 is 11.9 Å². The topological polar surface area (TPSA) is 59.8 Å². The quantitative estimate of drug-likeness (QED) is 0.313. The molecule has 0 aliphatic carbocycles. The molecule has 3 rings (SSSR count). The molecule has 0 amide bonds. The third kappa shape index (κ3) is 6.51. The Morgan fingerprint density at radius 2 is 1.85 bits per heavy atom. The maximum absolute atomic E-state index is 14.4. The summed E-state index contributed by atoms with van der Waals surface area (Å²) < 4.78 is 27.6. The van der Waals surface area contributed by atoms with Gasteiger partial charge in [-0.05, 0) is 45.0 Å². The largest absolute Gasteiger partial charge is 0.435 e. The summed E-state index contributed by atoms with van der Waals surface area (Å²) in [7, 11) is 0. The fraction of sp³-hybridized carbons (Fsp3) is 0.346. The first-order chi connectivity index (χ1) is 15.9. The summed E-state index contributed by atoms with van der Waals surface area (Å²) in [6, 6.07) is 16.1. The number of hydrogen-bond acceptors (Lipinski definition) is 5. The third-order valence-electron chi connectivity index (χ3n) is 5.26. The van der Waals surface area contributed by atoms with Crippen LogP contribution >= 0.6 is 0 Å². The summed E-state index contributed by atoms with van der Waals surface area (Å²) in [5, 5.41) is 15.2. The fourth-order valence-electron chi connectivity index (χ4n) is 3.47. The predicted molar refractivity (Wildman–Crippen MR) is 127 cm³/mol. The lowest BCUT2D eigenvalue weighted by molar-refractivity contribution is 0.0176. The highest BCUT2D eigenvalue weighted by molar-refractivity contribution is 5.43. The lowest BCUT2D eigenvalue weighted by Crippen LogP contribution is -2.39. The number of halogens is 1. The van der Waals surface area contributed by atoms with Crippen molar-refractivity contribution in [1.82, 2.24) is 14.7 Å². The van der Waals surface area contributed by atoms with E-state index in [0.29, 0.717) is 25.6 Å². The monoisotopic (exact) mass is 453 g/mol. The Bertz CT molecular complexity index is 1040. The number of hydrogen-bond donors (Lipinski definition) is 1. The van der Waals surface area contributed by atoms with Crippen molar-refractivity contribution in [3.05, 3.63) is 84.3 Å². The van der Waals surface area contributed by atoms with Crippen molar-refractivity contribution in [2.45, 2.75) is 39.5 Å². The molecule has 0 saturated carbocycles. The molecule has 176 valence electrons. The summed E-state index contributed by atoms with van der Waals surface area (Å²) in [5.41, 5.74) is 2.41. The highest BCUT2D eigenvalue weighted by Gasteiger charge is 2.24. The van der Waals surface area contributed by atoms with Crippen molar-refractivity contribution >= 4 is 0 Å². The molecule has 0 radical (unpaired) electrons. The molecule has 3 aromatic rings. The molecule has 1 unspecified atom stereocenters. The van der Waals surface area contributed by atoms with Crippen LogP contribution in [0.15, 0.2) is 67.3 Å². The van der Waals surface area contributed by atoms with Crippen LogP contribution in [-0.2, 0) is 11.3 Å². The van der Waals surface area contributed by atoms with Gasteiger partial charge in [-0.25, -0.2) is 9.07 Å². The molecule has 1 atom stereocenters. The van der Waals surface area contributed by atoms with Gasteiger partial charge in [-0.1, -0.05) is 36.4 Å². The van der Waals surface area contributed by atoms with E-state index in [9.17, 15) is 9.50 Å². The summed E-state index contributed by atoms with van der Waals surface area (Å²) in [6.07, 6.45) is 0.994. The number of aromatic nitrogens is 2. The zero-order valence-corrected chi connectivity index (χ0v) is 19.4. The van der Waals surface area contributed by atoms with Gasteiger partial charge in [0.15, 0.2) is 11.6 Å². The van der Waals surface area contributed by atoms with Gasteiger partial charge in [-0.2, -0.15) is 5.10 Å². The molecule has 0 aliphatic rings. The standard InChI is InChI=1S/C26H32FN3O3/c1-5-15-32-18-22(31)16-29(19(2)3)17-23-20(4)28-30(21-11-7-6-8-12-21)26(23)33-25-14-10-9-13-24(25)27/h5-14,19,22,31H,1,15-18H2,2-4H3. The molecule has 0 spiro atoms. The first kappa shape index (κ1) is 24.6. The van der Waals surface area contributed by atoms with Gasteiger partial charge in [-0.3, -0.25) is 4.90 Å². The van der Waals surface area contributed by atoms with Crippen molar-refractivity contribution in [3.63, 3.8) is 0 Å². The number of aliphatic hydroxyl groups excluding tert-OH is 1. The normalized spacial score (nSPS) is 12.3. The Hall–Kier alpha value is -3.00. The summed E-state index contributed by atoms with van der Waals surface area (Å²) in [4.78, 5) is 2.12. The SMILES string of the molecule is C=CCOCC(O)CN(Cc1c(C)nn(-c2ccccc2)c1Oc1ccccc1F)C(C)C. The van der Waals surface area contributed by atoms with Crippen LogP contribution in [0.5, 0.6) is 11.6 Å². The molecule has 33 heavy (non-hydrogen) atoms. The lowest BCUT2D eigenvalue weighted by atomic mass is 10.2. The van der Waals surface area contributed by atoms with Crippen LogP contribution in [0.1, 0.15) is 25.1 Å². The molecular formula is C26H32FN3O3. The zero-order chi connectivity index (χ0) is 23.8. The van der Waals surface area contributed by atoms with Crippen molar-refractivity contribution in [2.75, 3.05) is 19.8 Å². The van der Waals surface area contributed by atoms with Crippen LogP contribution < -0.4 is 4.74 Å². The predicted octanol–water partition coefficient (Wildman–Crippen LogP) is 4.89. The van der Waals surface area contributed by atoms with Crippen LogP contribution in [0.3, 0.4) is 0 Å². The van der Waals surface area contributed by atoms with Crippen LogP contribution in [-0.4, -0.2) is 51.7 Å². The van der Waals surface area contributed by atoms with Gasteiger partial charge in [0.1, 0.15) is 0 Å². The van der Waals surface area contributed by atoms with Gasteiger partial charge in [-0.15, -0.1) is 6.58 Å². The number of aliphatic hydroxyl groups is 1. The third-order valence-corrected chi connectivity index (χ3v) is 5.26. The average Bonchev–Trinajstić information content (AvgIpc) is 3.10. The number of rotatable bonds is 12. The van der Waals surface area contributed by atoms with Gasteiger partial charge in [0.25, 0.3) is 0 Å². The second kappa shape index (κ2) is 11.7. The molecule has 6 nitrogen and oxygen atoms in total. The van der Waals surface area contributed by atoms with E-state index in [1.54, 1.807) is 29.0 Å². The number of aryl methyl sites for hydroxylation is 1. The molecule has 0 bridgehead atoms. The minimum atomic E-state index is -0.659. The number of benzene rings is 2. The molecule has 0 fully saturated rings. The molecule has 2 aromatic carbocycles. The Balaban J connectivity index is 1.95. The molecule has 1 aromatic heterocycles. The molecule has 0 saturated heterocycles. The van der Waals surface area contributed by atoms with Gasteiger partial charge < -0.3 is 14.6 Å². The van der Waals surface area contributed by atoms with E-state index in [1.165, 1.54) is 6.07 Å². The first-order valence-corrected chi connectivity index (χ1v) is 11.1.